The number of hydrogen-bond acceptors (Lipinski definition) is 16. The minimum absolute atomic E-state index is 0.0344. The van der Waals surface area contributed by atoms with E-state index < -0.39 is 81.3 Å². The molecular formula is C19H22F2N11O8P2S2+. The van der Waals surface area contributed by atoms with E-state index in [1.54, 1.807) is 0 Å². The topological polar surface area (TPSA) is 267 Å². The summed E-state index contributed by atoms with van der Waals surface area (Å²) < 4.78 is 67.6. The maximum Gasteiger partial charge on any atom is 0.582 e. The summed E-state index contributed by atoms with van der Waals surface area (Å²) in [4.78, 5) is 41.8. The molecule has 2 saturated heterocycles. The molecule has 2 aliphatic heterocycles. The molecule has 0 amide bonds. The van der Waals surface area contributed by atoms with Gasteiger partial charge in [-0.1, -0.05) is 5.21 Å². The molecule has 4 aromatic rings. The number of aromatic amines is 1. The number of aliphatic hydroxyl groups excluding tert-OH is 1. The number of nitrogens with zero attached hydrogens (tertiary/aromatic N) is 8. The summed E-state index contributed by atoms with van der Waals surface area (Å²) in [5.41, 5.74) is 8.83. The van der Waals surface area contributed by atoms with Gasteiger partial charge in [-0.2, -0.15) is 9.67 Å². The molecule has 0 bridgehead atoms. The third-order valence-electron chi connectivity index (χ3n) is 7.00. The second-order valence-electron chi connectivity index (χ2n) is 9.60. The van der Waals surface area contributed by atoms with Crippen LogP contribution in [0.25, 0.3) is 22.3 Å². The molecule has 44 heavy (non-hydrogen) atoms. The number of fused-ring (bicyclic) bond motifs is 2. The molecule has 10 atom stereocenters. The summed E-state index contributed by atoms with van der Waals surface area (Å²) in [6.45, 7) is -5.82. The maximum atomic E-state index is 15.8. The average molecular weight is 697 g/mol. The highest BCUT2D eigenvalue weighted by Crippen LogP contribution is 2.58. The quantitative estimate of drug-likeness (QED) is 0.0963. The van der Waals surface area contributed by atoms with Gasteiger partial charge in [0.15, 0.2) is 53.9 Å². The predicted molar refractivity (Wildman–Crippen MR) is 152 cm³/mol. The zero-order valence-electron chi connectivity index (χ0n) is 21.8. The van der Waals surface area contributed by atoms with Crippen molar-refractivity contribution in [2.75, 3.05) is 24.7 Å². The number of alkyl halides is 2. The van der Waals surface area contributed by atoms with E-state index in [0.29, 0.717) is 0 Å². The third kappa shape index (κ3) is 5.36. The van der Waals surface area contributed by atoms with Crippen molar-refractivity contribution in [3.8, 4) is 0 Å². The van der Waals surface area contributed by atoms with Crippen LogP contribution in [0.4, 0.5) is 20.5 Å². The van der Waals surface area contributed by atoms with E-state index in [0.717, 1.165) is 11.0 Å². The van der Waals surface area contributed by atoms with Crippen LogP contribution in [0.15, 0.2) is 17.4 Å². The summed E-state index contributed by atoms with van der Waals surface area (Å²) in [7, 11) is -2.65. The monoisotopic (exact) mass is 696 g/mol. The number of hydrogen-bond donors (Lipinski definition) is 6. The number of nitrogen functional groups attached to an aromatic ring is 2. The van der Waals surface area contributed by atoms with Crippen LogP contribution in [0.3, 0.4) is 0 Å². The number of aliphatic hydroxyl groups is 1. The summed E-state index contributed by atoms with van der Waals surface area (Å²) in [5, 5.41) is 17.2. The maximum absolute atomic E-state index is 15.8. The molecule has 2 aliphatic rings. The minimum Gasteiger partial charge on any atom is -0.394 e. The molecule has 6 rings (SSSR count). The molecule has 0 radical (unpaired) electrons. The molecule has 3 unspecified atom stereocenters. The Labute approximate surface area is 254 Å². The summed E-state index contributed by atoms with van der Waals surface area (Å²) in [6.07, 6.45) is -9.18. The highest BCUT2D eigenvalue weighted by Gasteiger charge is 2.56. The van der Waals surface area contributed by atoms with Gasteiger partial charge in [0.1, 0.15) is 48.1 Å². The van der Waals surface area contributed by atoms with E-state index in [1.165, 1.54) is 10.9 Å². The first-order chi connectivity index (χ1) is 20.9. The lowest BCUT2D eigenvalue weighted by Gasteiger charge is -2.28. The van der Waals surface area contributed by atoms with Gasteiger partial charge in [-0.3, -0.25) is 14.3 Å². The second kappa shape index (κ2) is 11.8. The molecule has 25 heteroatoms. The number of H-pyrrole nitrogens is 1. The zero-order chi connectivity index (χ0) is 31.5. The van der Waals surface area contributed by atoms with Crippen molar-refractivity contribution >= 4 is 71.9 Å². The van der Waals surface area contributed by atoms with Crippen molar-refractivity contribution in [2.24, 2.45) is 0 Å². The first-order valence-corrected chi connectivity index (χ1v) is 17.5. The van der Waals surface area contributed by atoms with E-state index in [9.17, 15) is 19.4 Å². The molecule has 4 aromatic heterocycles. The fraction of sp³-hybridized carbons (Fsp3) is 0.526. The van der Waals surface area contributed by atoms with E-state index in [4.69, 9.17) is 41.8 Å². The minimum atomic E-state index is -4.32. The molecule has 0 aliphatic carbocycles. The molecule has 0 aromatic carbocycles. The van der Waals surface area contributed by atoms with Crippen LogP contribution in [0.2, 0.25) is 0 Å². The smallest absolute Gasteiger partial charge is 0.394 e. The number of imidazole rings is 1. The van der Waals surface area contributed by atoms with Gasteiger partial charge < -0.3 is 35.5 Å². The average Bonchev–Trinajstić information content (AvgIpc) is 3.72. The van der Waals surface area contributed by atoms with Gasteiger partial charge in [0.05, 0.1) is 19.5 Å². The number of thiol groups is 1. The van der Waals surface area contributed by atoms with Gasteiger partial charge in [-0.05, 0) is 16.4 Å². The number of anilines is 2. The second-order valence-corrected chi connectivity index (χ2v) is 14.8. The van der Waals surface area contributed by atoms with Crippen molar-refractivity contribution in [1.29, 1.82) is 0 Å². The van der Waals surface area contributed by atoms with Gasteiger partial charge in [-0.25, -0.2) is 23.7 Å². The Morgan fingerprint density at radius 3 is 2.64 bits per heavy atom. The van der Waals surface area contributed by atoms with Gasteiger partial charge in [0, 0.05) is 0 Å². The van der Waals surface area contributed by atoms with Crippen molar-refractivity contribution in [3.63, 3.8) is 0 Å². The molecular weight excluding hydrogens is 674 g/mol. The number of halogens is 2. The Bertz CT molecular complexity index is 1850. The Morgan fingerprint density at radius 2 is 1.91 bits per heavy atom. The number of nitrogens with two attached hydrogens (primary N) is 2. The fourth-order valence-corrected chi connectivity index (χ4v) is 8.27. The molecule has 2 fully saturated rings. The van der Waals surface area contributed by atoms with Crippen LogP contribution >= 0.6 is 26.0 Å². The van der Waals surface area contributed by atoms with Gasteiger partial charge in [0.2, 0.25) is 5.95 Å². The molecule has 0 spiro atoms. The van der Waals surface area contributed by atoms with Crippen LogP contribution in [-0.4, -0.2) is 104 Å². The van der Waals surface area contributed by atoms with Crippen LogP contribution in [0.1, 0.15) is 12.5 Å². The van der Waals surface area contributed by atoms with Gasteiger partial charge in [-0.15, -0.1) is 9.62 Å². The lowest BCUT2D eigenvalue weighted by Crippen LogP contribution is -2.34. The zero-order valence-corrected chi connectivity index (χ0v) is 25.3. The Morgan fingerprint density at radius 1 is 1.16 bits per heavy atom. The number of nitrogens with one attached hydrogen (secondary N) is 1. The fourth-order valence-electron chi connectivity index (χ4n) is 5.03. The first kappa shape index (κ1) is 31.1. The summed E-state index contributed by atoms with van der Waals surface area (Å²) in [6, 6.07) is 0. The number of ether oxygens (including phenoxy) is 2. The molecule has 19 nitrogen and oxygen atoms in total. The predicted octanol–water partition coefficient (Wildman–Crippen LogP) is -0.358. The van der Waals surface area contributed by atoms with E-state index in [2.05, 4.69) is 47.5 Å². The molecule has 236 valence electrons. The molecule has 0 saturated carbocycles. The lowest BCUT2D eigenvalue weighted by atomic mass is 10.1. The SMILES string of the molecule is Nc1nc2c(nnn2C2O[C@H](CO)[C@@H](F)[C@H]2P(O)(=S)OC[C@H]2O[C@@H](n3cnc4c(N)ncnc43)[C@@H](F)[C@@H]2O[P+](=O)S)c(=O)[nH]1. The van der Waals surface area contributed by atoms with Gasteiger partial charge in [0.25, 0.3) is 5.56 Å². The molecule has 6 heterocycles. The standard InChI is InChI=1S/C19H21F2N11O8P2S2/c20-7-5(1-33)38-18(32-15-10(29-30-32)16(34)28-19(23)27-15)12(7)42(36,44)37-2-6-11(40-41(35)43)8(21)17(39-6)31-4-26-9-13(22)24-3-25-14(9)31/h3-8,11-12,17-18,33H,1-2H2,(H6-,22,23,24,25,27,28,30,34,35,36,43,44)/p+1/t5-,6-,7-,8+,11-,12-,17-,18?,42?/m1/s1. The van der Waals surface area contributed by atoms with Crippen molar-refractivity contribution in [1.82, 2.24) is 44.5 Å². The van der Waals surface area contributed by atoms with Crippen LogP contribution in [-0.2, 0) is 34.9 Å². The number of rotatable bonds is 9. The Kier molecular flexibility index (Phi) is 8.37. The normalized spacial score (nSPS) is 30.7. The lowest BCUT2D eigenvalue weighted by molar-refractivity contribution is -0.0414. The number of aromatic nitrogens is 9. The largest absolute Gasteiger partial charge is 0.582 e. The van der Waals surface area contributed by atoms with Crippen LogP contribution in [0, 0.1) is 0 Å². The van der Waals surface area contributed by atoms with Crippen molar-refractivity contribution in [2.45, 2.75) is 48.8 Å². The van der Waals surface area contributed by atoms with Gasteiger partial charge >= 0.3 is 7.23 Å². The van der Waals surface area contributed by atoms with E-state index in [-0.39, 0.29) is 34.1 Å². The van der Waals surface area contributed by atoms with Crippen molar-refractivity contribution < 1.29 is 41.9 Å². The van der Waals surface area contributed by atoms with E-state index in [1.807, 2.05) is 0 Å². The Balaban J connectivity index is 1.29. The first-order valence-electron chi connectivity index (χ1n) is 12.4. The summed E-state index contributed by atoms with van der Waals surface area (Å²) in [5.74, 6) is -0.273. The van der Waals surface area contributed by atoms with Crippen molar-refractivity contribution in [3.05, 3.63) is 23.0 Å². The van der Waals surface area contributed by atoms with E-state index >= 15 is 8.78 Å². The van der Waals surface area contributed by atoms with Crippen LogP contribution in [0.5, 0.6) is 0 Å². The van der Waals surface area contributed by atoms with Crippen LogP contribution < -0.4 is 17.0 Å². The Hall–Kier alpha value is -2.85. The summed E-state index contributed by atoms with van der Waals surface area (Å²) >= 11 is 9.05. The highest BCUT2D eigenvalue weighted by atomic mass is 32.7. The third-order valence-corrected chi connectivity index (χ3v) is 10.6. The highest BCUT2D eigenvalue weighted by molar-refractivity contribution is 8.39. The molecule has 7 N–H and O–H groups in total.